The van der Waals surface area contributed by atoms with E-state index < -0.39 is 16.1 Å². The molecule has 1 aromatic rings. The molecule has 0 radical (unpaired) electrons. The van der Waals surface area contributed by atoms with Crippen LogP contribution >= 0.6 is 0 Å². The summed E-state index contributed by atoms with van der Waals surface area (Å²) < 4.78 is 26.0. The number of nitrogens with two attached hydrogens (primary N) is 1. The fourth-order valence-electron chi connectivity index (χ4n) is 1.65. The number of oxime groups is 1. The van der Waals surface area contributed by atoms with Crippen LogP contribution in [0.4, 0.5) is 0 Å². The van der Waals surface area contributed by atoms with Gasteiger partial charge in [0.2, 0.25) is 10.0 Å². The van der Waals surface area contributed by atoms with Crippen molar-refractivity contribution in [1.29, 1.82) is 0 Å². The number of amidine groups is 1. The van der Waals surface area contributed by atoms with Gasteiger partial charge < -0.3 is 10.9 Å². The third-order valence-corrected chi connectivity index (χ3v) is 4.89. The van der Waals surface area contributed by atoms with Gasteiger partial charge in [0.1, 0.15) is 5.84 Å². The summed E-state index contributed by atoms with van der Waals surface area (Å²) in [5.41, 5.74) is 6.27. The molecule has 1 atom stereocenters. The Hall–Kier alpha value is -1.60. The first kappa shape index (κ1) is 15.5. The minimum Gasteiger partial charge on any atom is -0.409 e. The van der Waals surface area contributed by atoms with Gasteiger partial charge in [-0.25, -0.2) is 8.42 Å². The quantitative estimate of drug-likeness (QED) is 0.367. The number of rotatable bonds is 5. The molecule has 0 heterocycles. The number of nitrogens with zero attached hydrogens (tertiary/aromatic N) is 2. The van der Waals surface area contributed by atoms with Crippen molar-refractivity contribution >= 4 is 15.9 Å². The van der Waals surface area contributed by atoms with Crippen LogP contribution in [0.1, 0.15) is 18.9 Å². The highest BCUT2D eigenvalue weighted by Gasteiger charge is 2.25. The predicted octanol–water partition coefficient (Wildman–Crippen LogP) is 1.14. The van der Waals surface area contributed by atoms with Crippen molar-refractivity contribution in [3.05, 3.63) is 29.8 Å². The largest absolute Gasteiger partial charge is 0.409 e. The van der Waals surface area contributed by atoms with Crippen LogP contribution in [-0.2, 0) is 10.0 Å². The molecule has 0 aliphatic rings. The SMILES string of the molecule is Cc1cccc(S(=O)(=O)N(C)C(C)C/C(N)=N/O)c1. The first-order valence-corrected chi connectivity index (χ1v) is 7.24. The van der Waals surface area contributed by atoms with Crippen molar-refractivity contribution in [2.75, 3.05) is 7.05 Å². The summed E-state index contributed by atoms with van der Waals surface area (Å²) in [6, 6.07) is 6.29. The molecule has 0 bridgehead atoms. The summed E-state index contributed by atoms with van der Waals surface area (Å²) >= 11 is 0. The molecule has 0 aromatic heterocycles. The molecule has 19 heavy (non-hydrogen) atoms. The summed E-state index contributed by atoms with van der Waals surface area (Å²) in [5, 5.41) is 11.4. The first-order valence-electron chi connectivity index (χ1n) is 5.80. The topological polar surface area (TPSA) is 96.0 Å². The maximum absolute atomic E-state index is 12.4. The van der Waals surface area contributed by atoms with Crippen molar-refractivity contribution in [1.82, 2.24) is 4.31 Å². The van der Waals surface area contributed by atoms with Crippen LogP contribution in [-0.4, -0.2) is 36.9 Å². The first-order chi connectivity index (χ1) is 8.78. The van der Waals surface area contributed by atoms with Gasteiger partial charge in [-0.2, -0.15) is 4.31 Å². The molecule has 0 saturated heterocycles. The minimum atomic E-state index is -3.57. The Morgan fingerprint density at radius 1 is 1.53 bits per heavy atom. The highest BCUT2D eigenvalue weighted by atomic mass is 32.2. The van der Waals surface area contributed by atoms with Gasteiger partial charge in [-0.05, 0) is 31.5 Å². The maximum atomic E-state index is 12.4. The van der Waals surface area contributed by atoms with Crippen LogP contribution in [0.2, 0.25) is 0 Å². The summed E-state index contributed by atoms with van der Waals surface area (Å²) in [7, 11) is -2.09. The Kier molecular flexibility index (Phi) is 4.90. The lowest BCUT2D eigenvalue weighted by molar-refractivity contribution is 0.313. The Labute approximate surface area is 113 Å². The Bertz CT molecular complexity index is 569. The van der Waals surface area contributed by atoms with Gasteiger partial charge in [0.05, 0.1) is 4.90 Å². The highest BCUT2D eigenvalue weighted by molar-refractivity contribution is 7.89. The number of aryl methyl sites for hydroxylation is 1. The van der Waals surface area contributed by atoms with Crippen LogP contribution in [0, 0.1) is 6.92 Å². The molecule has 0 aliphatic heterocycles. The molecule has 0 spiro atoms. The molecular weight excluding hydrogens is 266 g/mol. The number of benzene rings is 1. The van der Waals surface area contributed by atoms with E-state index in [4.69, 9.17) is 10.9 Å². The van der Waals surface area contributed by atoms with Gasteiger partial charge in [-0.15, -0.1) is 0 Å². The fourth-order valence-corrected chi connectivity index (χ4v) is 3.12. The Morgan fingerprint density at radius 3 is 2.68 bits per heavy atom. The average Bonchev–Trinajstić information content (AvgIpc) is 2.37. The molecule has 7 heteroatoms. The van der Waals surface area contributed by atoms with Gasteiger partial charge in [0, 0.05) is 19.5 Å². The standard InChI is InChI=1S/C12H19N3O3S/c1-9-5-4-6-11(7-9)19(17,18)15(3)10(2)8-12(13)14-16/h4-7,10,16H,8H2,1-3H3,(H2,13,14). The van der Waals surface area contributed by atoms with Crippen molar-refractivity contribution < 1.29 is 13.6 Å². The molecule has 6 nitrogen and oxygen atoms in total. The van der Waals surface area contributed by atoms with Gasteiger partial charge in [0.25, 0.3) is 0 Å². The van der Waals surface area contributed by atoms with Crippen molar-refractivity contribution in [3.8, 4) is 0 Å². The van der Waals surface area contributed by atoms with Crippen LogP contribution in [0.5, 0.6) is 0 Å². The maximum Gasteiger partial charge on any atom is 0.243 e. The lowest BCUT2D eigenvalue weighted by atomic mass is 10.2. The van der Waals surface area contributed by atoms with E-state index in [0.717, 1.165) is 5.56 Å². The van der Waals surface area contributed by atoms with E-state index in [-0.39, 0.29) is 17.2 Å². The molecule has 0 aliphatic carbocycles. The van der Waals surface area contributed by atoms with Crippen LogP contribution in [0.15, 0.2) is 34.3 Å². The lowest BCUT2D eigenvalue weighted by Crippen LogP contribution is -2.37. The molecule has 106 valence electrons. The molecule has 3 N–H and O–H groups in total. The van der Waals surface area contributed by atoms with E-state index >= 15 is 0 Å². The summed E-state index contributed by atoms with van der Waals surface area (Å²) in [6.07, 6.45) is 0.165. The highest BCUT2D eigenvalue weighted by Crippen LogP contribution is 2.18. The van der Waals surface area contributed by atoms with E-state index in [9.17, 15) is 8.42 Å². The van der Waals surface area contributed by atoms with Gasteiger partial charge in [-0.3, -0.25) is 0 Å². The third kappa shape index (κ3) is 3.68. The third-order valence-electron chi connectivity index (χ3n) is 2.92. The van der Waals surface area contributed by atoms with E-state index in [1.807, 2.05) is 13.0 Å². The fraction of sp³-hybridized carbons (Fsp3) is 0.417. The zero-order valence-electron chi connectivity index (χ0n) is 11.2. The van der Waals surface area contributed by atoms with Crippen molar-refractivity contribution in [3.63, 3.8) is 0 Å². The zero-order valence-corrected chi connectivity index (χ0v) is 12.1. The van der Waals surface area contributed by atoms with E-state index in [0.29, 0.717) is 0 Å². The normalized spacial score (nSPS) is 14.6. The number of hydrogen-bond acceptors (Lipinski definition) is 4. The molecule has 0 saturated carbocycles. The van der Waals surface area contributed by atoms with Crippen LogP contribution in [0.25, 0.3) is 0 Å². The summed E-state index contributed by atoms with van der Waals surface area (Å²) in [4.78, 5) is 0.237. The summed E-state index contributed by atoms with van der Waals surface area (Å²) in [5.74, 6) is -0.00112. The van der Waals surface area contributed by atoms with Gasteiger partial charge in [-0.1, -0.05) is 17.3 Å². The lowest BCUT2D eigenvalue weighted by Gasteiger charge is -2.24. The smallest absolute Gasteiger partial charge is 0.243 e. The molecule has 1 unspecified atom stereocenters. The Balaban J connectivity index is 3.00. The summed E-state index contributed by atoms with van der Waals surface area (Å²) in [6.45, 7) is 3.53. The second kappa shape index (κ2) is 6.03. The van der Waals surface area contributed by atoms with Crippen molar-refractivity contribution in [2.24, 2.45) is 10.9 Å². The molecule has 1 rings (SSSR count). The van der Waals surface area contributed by atoms with Crippen LogP contribution < -0.4 is 5.73 Å². The zero-order chi connectivity index (χ0) is 14.6. The van der Waals surface area contributed by atoms with Crippen LogP contribution in [0.3, 0.4) is 0 Å². The number of hydrogen-bond donors (Lipinski definition) is 2. The average molecular weight is 285 g/mol. The van der Waals surface area contributed by atoms with E-state index in [1.165, 1.54) is 11.4 Å². The predicted molar refractivity (Wildman–Crippen MR) is 73.6 cm³/mol. The molecular formula is C12H19N3O3S. The van der Waals surface area contributed by atoms with Gasteiger partial charge >= 0.3 is 0 Å². The molecule has 0 fully saturated rings. The minimum absolute atomic E-state index is 0.00112. The number of sulfonamides is 1. The van der Waals surface area contributed by atoms with E-state index in [1.54, 1.807) is 25.1 Å². The monoisotopic (exact) mass is 285 g/mol. The second-order valence-electron chi connectivity index (χ2n) is 4.48. The Morgan fingerprint density at radius 2 is 2.16 bits per heavy atom. The van der Waals surface area contributed by atoms with Gasteiger partial charge in [0.15, 0.2) is 0 Å². The van der Waals surface area contributed by atoms with E-state index in [2.05, 4.69) is 5.16 Å². The second-order valence-corrected chi connectivity index (χ2v) is 6.48. The molecule has 1 aromatic carbocycles. The molecule has 0 amide bonds. The van der Waals surface area contributed by atoms with Crippen molar-refractivity contribution in [2.45, 2.75) is 31.2 Å².